The monoisotopic (exact) mass is 230 g/mol. The molecule has 0 fully saturated rings. The highest BCUT2D eigenvalue weighted by Crippen LogP contribution is 2.21. The molecular formula is C12H14N4O. The number of aryl methyl sites for hydroxylation is 1. The Kier molecular flexibility index (Phi) is 3.18. The van der Waals surface area contributed by atoms with Crippen molar-refractivity contribution < 1.29 is 4.79 Å². The first-order valence-corrected chi connectivity index (χ1v) is 5.42. The first kappa shape index (κ1) is 11.3. The maximum absolute atomic E-state index is 10.7. The third-order valence-electron chi connectivity index (χ3n) is 2.54. The van der Waals surface area contributed by atoms with E-state index in [-0.39, 0.29) is 12.3 Å². The van der Waals surface area contributed by atoms with E-state index in [0.29, 0.717) is 12.4 Å². The Morgan fingerprint density at radius 1 is 1.29 bits per heavy atom. The fourth-order valence-corrected chi connectivity index (χ4v) is 1.67. The summed E-state index contributed by atoms with van der Waals surface area (Å²) in [6.07, 6.45) is 0.282. The first-order valence-electron chi connectivity index (χ1n) is 5.42. The second kappa shape index (κ2) is 4.78. The zero-order chi connectivity index (χ0) is 12.3. The van der Waals surface area contributed by atoms with E-state index in [4.69, 9.17) is 5.73 Å². The molecule has 1 aromatic heterocycles. The van der Waals surface area contributed by atoms with Gasteiger partial charge in [0.25, 0.3) is 0 Å². The lowest BCUT2D eigenvalue weighted by atomic mass is 10.1. The summed E-state index contributed by atoms with van der Waals surface area (Å²) in [6, 6.07) is 7.88. The Labute approximate surface area is 99.0 Å². The molecule has 3 N–H and O–H groups in total. The minimum absolute atomic E-state index is 0.282. The number of nitrogens with zero attached hydrogens (tertiary/aromatic N) is 2. The number of rotatable bonds is 4. The summed E-state index contributed by atoms with van der Waals surface area (Å²) in [5.74, 6) is 0.356. The number of benzene rings is 1. The number of hydrogen-bond donors (Lipinski definition) is 2. The number of fused-ring (bicyclic) bond motifs is 1. The number of nitrogens with two attached hydrogens (primary N) is 1. The number of anilines is 1. The molecule has 17 heavy (non-hydrogen) atoms. The molecule has 1 heterocycles. The molecule has 0 aliphatic carbocycles. The second-order valence-electron chi connectivity index (χ2n) is 3.82. The van der Waals surface area contributed by atoms with E-state index in [9.17, 15) is 4.79 Å². The Hall–Kier alpha value is -2.17. The zero-order valence-corrected chi connectivity index (χ0v) is 9.60. The van der Waals surface area contributed by atoms with E-state index in [1.54, 1.807) is 0 Å². The number of aromatic nitrogens is 2. The van der Waals surface area contributed by atoms with Crippen LogP contribution in [-0.4, -0.2) is 22.6 Å². The number of amides is 1. The van der Waals surface area contributed by atoms with E-state index in [1.807, 2.05) is 31.2 Å². The Balaban J connectivity index is 2.28. The van der Waals surface area contributed by atoms with Crippen LogP contribution in [-0.2, 0) is 4.79 Å². The third-order valence-corrected chi connectivity index (χ3v) is 2.54. The maximum Gasteiger partial charge on any atom is 0.219 e. The Morgan fingerprint density at radius 3 is 2.71 bits per heavy atom. The minimum Gasteiger partial charge on any atom is -0.370 e. The fourth-order valence-electron chi connectivity index (χ4n) is 1.67. The average molecular weight is 230 g/mol. The lowest BCUT2D eigenvalue weighted by Gasteiger charge is -2.08. The number of carbonyl (C=O) groups excluding carboxylic acids is 1. The summed E-state index contributed by atoms with van der Waals surface area (Å²) in [5, 5.41) is 13.3. The van der Waals surface area contributed by atoms with Crippen LogP contribution in [0.2, 0.25) is 0 Å². The second-order valence-corrected chi connectivity index (χ2v) is 3.82. The zero-order valence-electron chi connectivity index (χ0n) is 9.60. The van der Waals surface area contributed by atoms with Crippen LogP contribution >= 0.6 is 0 Å². The first-order chi connectivity index (χ1) is 8.18. The van der Waals surface area contributed by atoms with Crippen LogP contribution < -0.4 is 11.1 Å². The van der Waals surface area contributed by atoms with Crippen molar-refractivity contribution in [1.82, 2.24) is 10.2 Å². The summed E-state index contributed by atoms with van der Waals surface area (Å²) < 4.78 is 0. The Morgan fingerprint density at radius 2 is 2.00 bits per heavy atom. The highest BCUT2D eigenvalue weighted by atomic mass is 16.1. The van der Waals surface area contributed by atoms with Gasteiger partial charge in [0.15, 0.2) is 5.82 Å². The summed E-state index contributed by atoms with van der Waals surface area (Å²) in [4.78, 5) is 10.7. The quantitative estimate of drug-likeness (QED) is 0.827. The molecule has 0 saturated carbocycles. The largest absolute Gasteiger partial charge is 0.370 e. The van der Waals surface area contributed by atoms with E-state index in [2.05, 4.69) is 15.5 Å². The van der Waals surface area contributed by atoms with Crippen LogP contribution in [0.3, 0.4) is 0 Å². The van der Waals surface area contributed by atoms with Crippen molar-refractivity contribution >= 4 is 22.5 Å². The molecule has 0 saturated heterocycles. The molecule has 0 bridgehead atoms. The standard InChI is InChI=1S/C12H14N4O/c1-8-9-4-2-3-5-10(9)12(16-15-8)14-7-6-11(13)17/h2-5H,6-7H2,1H3,(H2,13,17)(H,14,16). The van der Waals surface area contributed by atoms with Crippen molar-refractivity contribution in [2.75, 3.05) is 11.9 Å². The van der Waals surface area contributed by atoms with Crippen molar-refractivity contribution in [2.45, 2.75) is 13.3 Å². The minimum atomic E-state index is -0.332. The molecule has 5 heteroatoms. The summed E-state index contributed by atoms with van der Waals surface area (Å²) in [5.41, 5.74) is 5.97. The third kappa shape index (κ3) is 2.50. The highest BCUT2D eigenvalue weighted by Gasteiger charge is 2.05. The molecule has 0 atom stereocenters. The topological polar surface area (TPSA) is 80.9 Å². The molecule has 0 unspecified atom stereocenters. The van der Waals surface area contributed by atoms with E-state index in [1.165, 1.54) is 0 Å². The highest BCUT2D eigenvalue weighted by molar-refractivity contribution is 5.92. The van der Waals surface area contributed by atoms with E-state index >= 15 is 0 Å². The van der Waals surface area contributed by atoms with Gasteiger partial charge < -0.3 is 11.1 Å². The fraction of sp³-hybridized carbons (Fsp3) is 0.250. The molecule has 1 amide bonds. The van der Waals surface area contributed by atoms with Crippen LogP contribution in [0, 0.1) is 6.92 Å². The molecule has 0 spiro atoms. The van der Waals surface area contributed by atoms with Crippen molar-refractivity contribution in [1.29, 1.82) is 0 Å². The summed E-state index contributed by atoms with van der Waals surface area (Å²) >= 11 is 0. The lowest BCUT2D eigenvalue weighted by molar-refractivity contribution is -0.117. The molecule has 0 aliphatic heterocycles. The van der Waals surface area contributed by atoms with Gasteiger partial charge in [0.1, 0.15) is 0 Å². The molecule has 1 aromatic carbocycles. The van der Waals surface area contributed by atoms with Crippen LogP contribution in [0.25, 0.3) is 10.8 Å². The van der Waals surface area contributed by atoms with Gasteiger partial charge in [-0.1, -0.05) is 24.3 Å². The number of hydrogen-bond acceptors (Lipinski definition) is 4. The van der Waals surface area contributed by atoms with Gasteiger partial charge in [0.2, 0.25) is 5.91 Å². The maximum atomic E-state index is 10.7. The van der Waals surface area contributed by atoms with Crippen molar-refractivity contribution in [3.63, 3.8) is 0 Å². The van der Waals surface area contributed by atoms with Gasteiger partial charge in [0.05, 0.1) is 5.69 Å². The van der Waals surface area contributed by atoms with Crippen LogP contribution in [0.15, 0.2) is 24.3 Å². The Bertz CT molecular complexity index is 553. The number of carbonyl (C=O) groups is 1. The van der Waals surface area contributed by atoms with Gasteiger partial charge in [-0.05, 0) is 6.92 Å². The van der Waals surface area contributed by atoms with Crippen LogP contribution in [0.4, 0.5) is 5.82 Å². The summed E-state index contributed by atoms with van der Waals surface area (Å²) in [7, 11) is 0. The van der Waals surface area contributed by atoms with E-state index < -0.39 is 0 Å². The average Bonchev–Trinajstić information content (AvgIpc) is 2.32. The smallest absolute Gasteiger partial charge is 0.219 e. The van der Waals surface area contributed by atoms with Gasteiger partial charge in [-0.2, -0.15) is 5.10 Å². The van der Waals surface area contributed by atoms with Crippen molar-refractivity contribution in [3.05, 3.63) is 30.0 Å². The van der Waals surface area contributed by atoms with Crippen molar-refractivity contribution in [2.24, 2.45) is 5.73 Å². The normalized spacial score (nSPS) is 10.4. The van der Waals surface area contributed by atoms with E-state index in [0.717, 1.165) is 16.5 Å². The number of nitrogens with one attached hydrogen (secondary N) is 1. The predicted octanol–water partition coefficient (Wildman–Crippen LogP) is 1.23. The van der Waals surface area contributed by atoms with Gasteiger partial charge in [0, 0.05) is 23.7 Å². The molecular weight excluding hydrogens is 216 g/mol. The van der Waals surface area contributed by atoms with Gasteiger partial charge >= 0.3 is 0 Å². The number of primary amides is 1. The molecule has 88 valence electrons. The molecule has 2 rings (SSSR count). The molecule has 2 aromatic rings. The molecule has 5 nitrogen and oxygen atoms in total. The van der Waals surface area contributed by atoms with Gasteiger partial charge in [-0.3, -0.25) is 4.79 Å². The van der Waals surface area contributed by atoms with Crippen LogP contribution in [0.5, 0.6) is 0 Å². The predicted molar refractivity (Wildman–Crippen MR) is 66.6 cm³/mol. The summed E-state index contributed by atoms with van der Waals surface area (Å²) in [6.45, 7) is 2.39. The lowest BCUT2D eigenvalue weighted by Crippen LogP contribution is -2.16. The van der Waals surface area contributed by atoms with Gasteiger partial charge in [-0.15, -0.1) is 5.10 Å². The van der Waals surface area contributed by atoms with Crippen molar-refractivity contribution in [3.8, 4) is 0 Å². The van der Waals surface area contributed by atoms with Crippen LogP contribution in [0.1, 0.15) is 12.1 Å². The van der Waals surface area contributed by atoms with Gasteiger partial charge in [-0.25, -0.2) is 0 Å². The SMILES string of the molecule is Cc1nnc(NCCC(N)=O)c2ccccc12. The molecule has 0 aliphatic rings. The molecule has 0 radical (unpaired) electrons.